The van der Waals surface area contributed by atoms with Crippen LogP contribution < -0.4 is 8.92 Å². The fraction of sp³-hybridized carbons (Fsp3) is 0.211. The number of aliphatic carboxylic acids is 1. The number of hydrogen-bond donors (Lipinski definition) is 1. The third kappa shape index (κ3) is 5.24. The Morgan fingerprint density at radius 1 is 1.19 bits per heavy atom. The fourth-order valence-corrected chi connectivity index (χ4v) is 3.80. The second kappa shape index (κ2) is 8.92. The van der Waals surface area contributed by atoms with Crippen molar-refractivity contribution in [3.8, 4) is 11.5 Å². The summed E-state index contributed by atoms with van der Waals surface area (Å²) in [4.78, 5) is 11.1. The predicted octanol–water partition coefficient (Wildman–Crippen LogP) is 4.38. The molecule has 0 amide bonds. The van der Waals surface area contributed by atoms with Gasteiger partial charge in [-0.25, -0.2) is 4.79 Å². The zero-order valence-electron chi connectivity index (χ0n) is 14.8. The molecular formula is C19H19ClO6S. The van der Waals surface area contributed by atoms with Crippen LogP contribution in [0.2, 0.25) is 5.02 Å². The molecule has 0 spiro atoms. The molecule has 144 valence electrons. The van der Waals surface area contributed by atoms with E-state index in [1.165, 1.54) is 43.5 Å². The Hall–Kier alpha value is -2.51. The van der Waals surface area contributed by atoms with Crippen molar-refractivity contribution in [1.29, 1.82) is 0 Å². The van der Waals surface area contributed by atoms with Crippen molar-refractivity contribution in [2.75, 3.05) is 7.11 Å². The maximum absolute atomic E-state index is 12.5. The van der Waals surface area contributed by atoms with Crippen molar-refractivity contribution in [2.24, 2.45) is 0 Å². The summed E-state index contributed by atoms with van der Waals surface area (Å²) in [6.45, 7) is 1.88. The molecule has 8 heteroatoms. The van der Waals surface area contributed by atoms with Gasteiger partial charge in [-0.05, 0) is 42.3 Å². The second-order valence-corrected chi connectivity index (χ2v) is 7.52. The first-order chi connectivity index (χ1) is 12.8. The lowest BCUT2D eigenvalue weighted by molar-refractivity contribution is -0.132. The minimum Gasteiger partial charge on any atom is -0.493 e. The van der Waals surface area contributed by atoms with Gasteiger partial charge in [0, 0.05) is 5.57 Å². The molecule has 0 radical (unpaired) electrons. The molecule has 0 unspecified atom stereocenters. The minimum atomic E-state index is -4.16. The summed E-state index contributed by atoms with van der Waals surface area (Å²) in [5.74, 6) is -0.875. The lowest BCUT2D eigenvalue weighted by Crippen LogP contribution is -2.11. The van der Waals surface area contributed by atoms with Crippen molar-refractivity contribution in [3.05, 3.63) is 58.6 Å². The summed E-state index contributed by atoms with van der Waals surface area (Å²) < 4.78 is 35.3. The van der Waals surface area contributed by atoms with Crippen molar-refractivity contribution in [3.63, 3.8) is 0 Å². The van der Waals surface area contributed by atoms with Crippen LogP contribution in [-0.2, 0) is 14.9 Å². The zero-order valence-corrected chi connectivity index (χ0v) is 16.4. The molecule has 2 rings (SSSR count). The van der Waals surface area contributed by atoms with Crippen LogP contribution in [0.3, 0.4) is 0 Å². The maximum atomic E-state index is 12.5. The molecule has 0 atom stereocenters. The van der Waals surface area contributed by atoms with E-state index in [1.807, 2.05) is 6.92 Å². The first kappa shape index (κ1) is 20.8. The van der Waals surface area contributed by atoms with Crippen LogP contribution in [0.4, 0.5) is 0 Å². The highest BCUT2D eigenvalue weighted by Gasteiger charge is 2.22. The average molecular weight is 411 g/mol. The highest BCUT2D eigenvalue weighted by Crippen LogP contribution is 2.33. The first-order valence-corrected chi connectivity index (χ1v) is 9.88. The number of hydrogen-bond acceptors (Lipinski definition) is 5. The topological polar surface area (TPSA) is 89.9 Å². The molecule has 27 heavy (non-hydrogen) atoms. The van der Waals surface area contributed by atoms with Gasteiger partial charge in [0.1, 0.15) is 4.90 Å². The van der Waals surface area contributed by atoms with Crippen LogP contribution in [0.1, 0.15) is 25.3 Å². The van der Waals surface area contributed by atoms with E-state index in [0.717, 1.165) is 0 Å². The summed E-state index contributed by atoms with van der Waals surface area (Å²) in [5, 5.41) is 9.28. The Bertz CT molecular complexity index is 966. The fourth-order valence-electron chi connectivity index (χ4n) is 2.36. The molecule has 0 aromatic heterocycles. The summed E-state index contributed by atoms with van der Waals surface area (Å²) in [6.07, 6.45) is 2.62. The number of halogens is 1. The maximum Gasteiger partial charge on any atom is 0.340 e. The molecule has 6 nitrogen and oxygen atoms in total. The van der Waals surface area contributed by atoms with Crippen LogP contribution >= 0.6 is 11.6 Å². The number of benzene rings is 2. The highest BCUT2D eigenvalue weighted by atomic mass is 35.5. The van der Waals surface area contributed by atoms with Gasteiger partial charge in [-0.2, -0.15) is 8.42 Å². The quantitative estimate of drug-likeness (QED) is 0.513. The minimum absolute atomic E-state index is 0.0260. The number of carboxylic acids is 1. The van der Waals surface area contributed by atoms with Crippen LogP contribution in [0.5, 0.6) is 11.5 Å². The van der Waals surface area contributed by atoms with Gasteiger partial charge < -0.3 is 14.0 Å². The van der Waals surface area contributed by atoms with Gasteiger partial charge in [-0.3, -0.25) is 0 Å². The van der Waals surface area contributed by atoms with Crippen molar-refractivity contribution >= 4 is 33.8 Å². The van der Waals surface area contributed by atoms with Crippen molar-refractivity contribution < 1.29 is 27.2 Å². The summed E-state index contributed by atoms with van der Waals surface area (Å²) in [7, 11) is -2.79. The van der Waals surface area contributed by atoms with Crippen LogP contribution in [0.15, 0.2) is 52.9 Å². The average Bonchev–Trinajstić information content (AvgIpc) is 2.62. The Kier molecular flexibility index (Phi) is 6.87. The van der Waals surface area contributed by atoms with Crippen molar-refractivity contribution in [2.45, 2.75) is 24.7 Å². The van der Waals surface area contributed by atoms with Crippen LogP contribution in [-0.4, -0.2) is 26.6 Å². The largest absolute Gasteiger partial charge is 0.493 e. The van der Waals surface area contributed by atoms with E-state index in [4.69, 9.17) is 20.5 Å². The molecule has 0 saturated heterocycles. The van der Waals surface area contributed by atoms with Crippen LogP contribution in [0.25, 0.3) is 6.08 Å². The number of ether oxygens (including phenoxy) is 1. The van der Waals surface area contributed by atoms with E-state index in [-0.39, 0.29) is 27.0 Å². The molecule has 2 aromatic carbocycles. The van der Waals surface area contributed by atoms with Crippen LogP contribution in [0, 0.1) is 0 Å². The number of methoxy groups -OCH3 is 1. The van der Waals surface area contributed by atoms with Gasteiger partial charge in [-0.1, -0.05) is 43.1 Å². The molecule has 0 fully saturated rings. The lowest BCUT2D eigenvalue weighted by Gasteiger charge is -2.12. The number of rotatable bonds is 8. The molecule has 0 aliphatic heterocycles. The van der Waals surface area contributed by atoms with E-state index in [1.54, 1.807) is 12.1 Å². The normalized spacial score (nSPS) is 11.9. The van der Waals surface area contributed by atoms with E-state index < -0.39 is 16.1 Å². The van der Waals surface area contributed by atoms with Gasteiger partial charge in [0.05, 0.1) is 12.1 Å². The molecule has 0 heterocycles. The molecule has 2 aromatic rings. The zero-order chi connectivity index (χ0) is 20.0. The molecule has 0 saturated carbocycles. The Morgan fingerprint density at radius 3 is 2.48 bits per heavy atom. The lowest BCUT2D eigenvalue weighted by atomic mass is 10.1. The van der Waals surface area contributed by atoms with E-state index in [2.05, 4.69) is 0 Å². The first-order valence-electron chi connectivity index (χ1n) is 8.09. The summed E-state index contributed by atoms with van der Waals surface area (Å²) in [5.41, 5.74) is 0.803. The Morgan fingerprint density at radius 2 is 1.89 bits per heavy atom. The molecule has 1 N–H and O–H groups in total. The van der Waals surface area contributed by atoms with Gasteiger partial charge in [0.15, 0.2) is 11.5 Å². The standard InChI is InChI=1S/C19H19ClO6S/c1-3-6-14(19(21)22)11-13-9-10-16(17(12-13)25-2)26-27(23,24)18-8-5-4-7-15(18)20/h4-5,7-12H,3,6H2,1-2H3,(H,21,22). The van der Waals surface area contributed by atoms with Gasteiger partial charge in [-0.15, -0.1) is 0 Å². The second-order valence-electron chi connectivity index (χ2n) is 5.60. The SMILES string of the molecule is CCCC(=Cc1ccc(OS(=O)(=O)c2ccccc2Cl)c(OC)c1)C(=O)O. The van der Waals surface area contributed by atoms with Gasteiger partial charge >= 0.3 is 16.1 Å². The highest BCUT2D eigenvalue weighted by molar-refractivity contribution is 7.87. The number of carboxylic acid groups (broad SMARTS) is 1. The molecule has 0 bridgehead atoms. The van der Waals surface area contributed by atoms with Gasteiger partial charge in [0.25, 0.3) is 0 Å². The molecule has 0 aliphatic rings. The molecule has 0 aliphatic carbocycles. The Balaban J connectivity index is 2.38. The smallest absolute Gasteiger partial charge is 0.340 e. The molecular weight excluding hydrogens is 392 g/mol. The number of carbonyl (C=O) groups is 1. The predicted molar refractivity (Wildman–Crippen MR) is 103 cm³/mol. The van der Waals surface area contributed by atoms with E-state index in [0.29, 0.717) is 18.4 Å². The van der Waals surface area contributed by atoms with Gasteiger partial charge in [0.2, 0.25) is 0 Å². The summed E-state index contributed by atoms with van der Waals surface area (Å²) in [6, 6.07) is 10.4. The van der Waals surface area contributed by atoms with E-state index in [9.17, 15) is 18.3 Å². The monoisotopic (exact) mass is 410 g/mol. The third-order valence-electron chi connectivity index (χ3n) is 3.63. The Labute approximate surface area is 163 Å². The summed E-state index contributed by atoms with van der Waals surface area (Å²) >= 11 is 5.94. The van der Waals surface area contributed by atoms with Crippen molar-refractivity contribution in [1.82, 2.24) is 0 Å². The van der Waals surface area contributed by atoms with E-state index >= 15 is 0 Å². The third-order valence-corrected chi connectivity index (χ3v) is 5.36.